The second-order valence-electron chi connectivity index (χ2n) is 5.51. The smallest absolute Gasteiger partial charge is 0.274 e. The molecule has 0 radical (unpaired) electrons. The largest absolute Gasteiger partial charge is 0.470 e. The number of ether oxygens (including phenoxy) is 1. The number of benzene rings is 1. The zero-order valence-electron chi connectivity index (χ0n) is 14.0. The molecule has 1 N–H and O–H groups in total. The Labute approximate surface area is 154 Å². The van der Waals surface area contributed by atoms with Crippen LogP contribution in [-0.2, 0) is 13.3 Å². The van der Waals surface area contributed by atoms with E-state index in [0.717, 1.165) is 6.42 Å². The van der Waals surface area contributed by atoms with E-state index < -0.39 is 5.82 Å². The second-order valence-corrected chi connectivity index (χ2v) is 5.92. The van der Waals surface area contributed by atoms with E-state index in [2.05, 4.69) is 15.5 Å². The number of carbonyl (C=O) groups excluding carboxylic acids is 1. The van der Waals surface area contributed by atoms with E-state index in [1.54, 1.807) is 23.1 Å². The number of aromatic nitrogens is 4. The maximum atomic E-state index is 13.0. The molecule has 0 saturated heterocycles. The van der Waals surface area contributed by atoms with Crippen molar-refractivity contribution in [3.63, 3.8) is 0 Å². The van der Waals surface area contributed by atoms with Gasteiger partial charge in [0.2, 0.25) is 0 Å². The molecule has 0 saturated carbocycles. The number of nitrogens with zero attached hydrogens (tertiary/aromatic N) is 4. The molecule has 1 aromatic carbocycles. The van der Waals surface area contributed by atoms with Gasteiger partial charge in [-0.3, -0.25) is 9.48 Å². The second kappa shape index (κ2) is 8.01. The zero-order valence-corrected chi connectivity index (χ0v) is 14.8. The Morgan fingerprint density at radius 3 is 2.96 bits per heavy atom. The molecule has 136 valence electrons. The van der Waals surface area contributed by atoms with Gasteiger partial charge in [-0.05, 0) is 30.7 Å². The lowest BCUT2D eigenvalue weighted by atomic mass is 10.3. The molecule has 0 aliphatic rings. The summed E-state index contributed by atoms with van der Waals surface area (Å²) in [7, 11) is 0. The molecule has 3 rings (SSSR count). The molecule has 0 fully saturated rings. The van der Waals surface area contributed by atoms with Crippen LogP contribution in [0.4, 0.5) is 10.1 Å². The van der Waals surface area contributed by atoms with E-state index in [0.29, 0.717) is 23.7 Å². The highest BCUT2D eigenvalue weighted by Crippen LogP contribution is 2.25. The zero-order chi connectivity index (χ0) is 18.5. The molecular weight excluding hydrogens is 361 g/mol. The van der Waals surface area contributed by atoms with E-state index in [1.807, 2.05) is 6.92 Å². The van der Waals surface area contributed by atoms with Gasteiger partial charge >= 0.3 is 0 Å². The lowest BCUT2D eigenvalue weighted by Crippen LogP contribution is -2.17. The van der Waals surface area contributed by atoms with Crippen LogP contribution in [0.1, 0.15) is 23.8 Å². The monoisotopic (exact) mass is 377 g/mol. The van der Waals surface area contributed by atoms with Crippen molar-refractivity contribution in [2.75, 3.05) is 5.32 Å². The Bertz CT molecular complexity index is 908. The molecule has 3 aromatic rings. The van der Waals surface area contributed by atoms with E-state index >= 15 is 0 Å². The van der Waals surface area contributed by atoms with Crippen molar-refractivity contribution in [2.45, 2.75) is 26.6 Å². The van der Waals surface area contributed by atoms with Crippen molar-refractivity contribution in [3.8, 4) is 5.75 Å². The Morgan fingerprint density at radius 2 is 2.19 bits per heavy atom. The maximum Gasteiger partial charge on any atom is 0.274 e. The lowest BCUT2D eigenvalue weighted by Gasteiger charge is -2.08. The first-order valence-corrected chi connectivity index (χ1v) is 8.38. The van der Waals surface area contributed by atoms with Gasteiger partial charge in [0.15, 0.2) is 6.73 Å². The molecular formula is C17H17ClFN5O2. The normalized spacial score (nSPS) is 10.7. The number of hydrogen-bond donors (Lipinski definition) is 1. The first kappa shape index (κ1) is 17.9. The fourth-order valence-corrected chi connectivity index (χ4v) is 2.56. The van der Waals surface area contributed by atoms with Crippen LogP contribution in [0, 0.1) is 5.82 Å². The van der Waals surface area contributed by atoms with Crippen molar-refractivity contribution in [1.29, 1.82) is 0 Å². The van der Waals surface area contributed by atoms with E-state index in [9.17, 15) is 9.18 Å². The number of aryl methyl sites for hydroxylation is 1. The topological polar surface area (TPSA) is 74.0 Å². The quantitative estimate of drug-likeness (QED) is 0.683. The number of carbonyl (C=O) groups is 1. The summed E-state index contributed by atoms with van der Waals surface area (Å²) in [4.78, 5) is 12.3. The Balaban J connectivity index is 1.61. The predicted molar refractivity (Wildman–Crippen MR) is 94.7 cm³/mol. The minimum atomic E-state index is -0.436. The van der Waals surface area contributed by atoms with E-state index in [1.165, 1.54) is 29.1 Å². The van der Waals surface area contributed by atoms with Gasteiger partial charge in [0.25, 0.3) is 5.91 Å². The van der Waals surface area contributed by atoms with Gasteiger partial charge in [-0.25, -0.2) is 9.07 Å². The van der Waals surface area contributed by atoms with Gasteiger partial charge in [0.05, 0.1) is 23.1 Å². The summed E-state index contributed by atoms with van der Waals surface area (Å²) in [5.74, 6) is -0.357. The van der Waals surface area contributed by atoms with Crippen molar-refractivity contribution in [3.05, 3.63) is 59.4 Å². The third-order valence-electron chi connectivity index (χ3n) is 3.52. The van der Waals surface area contributed by atoms with Crippen LogP contribution in [-0.4, -0.2) is 25.5 Å². The molecule has 0 spiro atoms. The average molecular weight is 378 g/mol. The summed E-state index contributed by atoms with van der Waals surface area (Å²) in [5, 5.41) is 11.2. The van der Waals surface area contributed by atoms with Gasteiger partial charge in [0.1, 0.15) is 17.3 Å². The minimum absolute atomic E-state index is 0.0645. The van der Waals surface area contributed by atoms with Crippen LogP contribution in [0.3, 0.4) is 0 Å². The van der Waals surface area contributed by atoms with Crippen molar-refractivity contribution < 1.29 is 13.9 Å². The molecule has 26 heavy (non-hydrogen) atoms. The van der Waals surface area contributed by atoms with Crippen LogP contribution in [0.5, 0.6) is 5.75 Å². The number of hydrogen-bond acceptors (Lipinski definition) is 4. The van der Waals surface area contributed by atoms with E-state index in [4.69, 9.17) is 16.3 Å². The third-order valence-corrected chi connectivity index (χ3v) is 3.82. The molecule has 0 aliphatic carbocycles. The molecule has 2 aromatic heterocycles. The molecule has 7 nitrogen and oxygen atoms in total. The van der Waals surface area contributed by atoms with E-state index in [-0.39, 0.29) is 17.7 Å². The molecule has 0 aliphatic heterocycles. The number of rotatable bonds is 7. The molecule has 2 heterocycles. The fourth-order valence-electron chi connectivity index (χ4n) is 2.34. The SMILES string of the molecule is CCCn1nccc1C(=O)Nc1cnn(COc2ccc(F)cc2Cl)c1. The summed E-state index contributed by atoms with van der Waals surface area (Å²) < 4.78 is 21.7. The lowest BCUT2D eigenvalue weighted by molar-refractivity contribution is 0.101. The predicted octanol–water partition coefficient (Wildman–Crippen LogP) is 3.57. The molecule has 0 atom stereocenters. The van der Waals surface area contributed by atoms with Crippen LogP contribution >= 0.6 is 11.6 Å². The van der Waals surface area contributed by atoms with Gasteiger partial charge in [-0.1, -0.05) is 18.5 Å². The maximum absolute atomic E-state index is 13.0. The highest BCUT2D eigenvalue weighted by molar-refractivity contribution is 6.32. The van der Waals surface area contributed by atoms with Crippen molar-refractivity contribution >= 4 is 23.2 Å². The Morgan fingerprint density at radius 1 is 1.35 bits per heavy atom. The Kier molecular flexibility index (Phi) is 5.52. The molecule has 0 unspecified atom stereocenters. The summed E-state index contributed by atoms with van der Waals surface area (Å²) in [6, 6.07) is 5.54. The van der Waals surface area contributed by atoms with Crippen molar-refractivity contribution in [1.82, 2.24) is 19.6 Å². The summed E-state index contributed by atoms with van der Waals surface area (Å²) in [5.41, 5.74) is 1.00. The van der Waals surface area contributed by atoms with Crippen LogP contribution in [0.15, 0.2) is 42.9 Å². The molecule has 9 heteroatoms. The summed E-state index contributed by atoms with van der Waals surface area (Å²) >= 11 is 5.91. The number of anilines is 1. The third kappa shape index (κ3) is 4.20. The van der Waals surface area contributed by atoms with Gasteiger partial charge in [-0.2, -0.15) is 10.2 Å². The number of amides is 1. The van der Waals surface area contributed by atoms with Crippen LogP contribution in [0.2, 0.25) is 5.02 Å². The average Bonchev–Trinajstić information content (AvgIpc) is 3.24. The first-order valence-electron chi connectivity index (χ1n) is 8.00. The number of nitrogens with one attached hydrogen (secondary N) is 1. The summed E-state index contributed by atoms with van der Waals surface area (Å²) in [6.45, 7) is 2.75. The summed E-state index contributed by atoms with van der Waals surface area (Å²) in [6.07, 6.45) is 5.60. The van der Waals surface area contributed by atoms with Gasteiger partial charge < -0.3 is 10.1 Å². The van der Waals surface area contributed by atoms with Crippen LogP contribution < -0.4 is 10.1 Å². The van der Waals surface area contributed by atoms with Gasteiger partial charge in [-0.15, -0.1) is 0 Å². The molecule has 1 amide bonds. The number of halogens is 2. The minimum Gasteiger partial charge on any atom is -0.470 e. The van der Waals surface area contributed by atoms with Gasteiger partial charge in [0, 0.05) is 12.7 Å². The highest BCUT2D eigenvalue weighted by Gasteiger charge is 2.13. The first-order chi connectivity index (χ1) is 12.6. The standard InChI is InChI=1S/C17H17ClFN5O2/c1-2-7-24-15(5-6-20-24)17(25)22-13-9-21-23(10-13)11-26-16-4-3-12(19)8-14(16)18/h3-6,8-10H,2,7,11H2,1H3,(H,22,25). The fraction of sp³-hybridized carbons (Fsp3) is 0.235. The molecule has 0 bridgehead atoms. The van der Waals surface area contributed by atoms with Crippen molar-refractivity contribution in [2.24, 2.45) is 0 Å². The Hall–Kier alpha value is -2.87. The highest BCUT2D eigenvalue weighted by atomic mass is 35.5. The van der Waals surface area contributed by atoms with Crippen LogP contribution in [0.25, 0.3) is 0 Å².